The molecule has 4 aromatic rings. The van der Waals surface area contributed by atoms with Crippen molar-refractivity contribution in [1.82, 2.24) is 14.5 Å². The van der Waals surface area contributed by atoms with Crippen LogP contribution in [0.5, 0.6) is 5.75 Å². The molecule has 0 atom stereocenters. The summed E-state index contributed by atoms with van der Waals surface area (Å²) in [7, 11) is 1.57. The van der Waals surface area contributed by atoms with Crippen LogP contribution in [0.15, 0.2) is 45.6 Å². The van der Waals surface area contributed by atoms with Gasteiger partial charge < -0.3 is 13.9 Å². The number of thiazole rings is 1. The molecular formula is C23H23ClN4O5S. The van der Waals surface area contributed by atoms with Crippen LogP contribution in [-0.4, -0.2) is 66.9 Å². The van der Waals surface area contributed by atoms with Crippen molar-refractivity contribution in [3.8, 4) is 5.75 Å². The second-order valence-electron chi connectivity index (χ2n) is 7.85. The molecule has 1 fully saturated rings. The fraction of sp³-hybridized carbons (Fsp3) is 0.348. The van der Waals surface area contributed by atoms with Crippen molar-refractivity contribution >= 4 is 55.3 Å². The van der Waals surface area contributed by atoms with Crippen molar-refractivity contribution < 1.29 is 18.7 Å². The first-order chi connectivity index (χ1) is 16.5. The SMILES string of the molecule is COc1ccc(Cl)c2sc(N(CCN3CCOCC3)C(=O)Cn3c(=O)oc4ccccc43)nc12. The summed E-state index contributed by atoms with van der Waals surface area (Å²) in [5.74, 6) is -0.257. The first kappa shape index (κ1) is 22.9. The molecule has 1 saturated heterocycles. The Morgan fingerprint density at radius 1 is 1.24 bits per heavy atom. The normalized spacial score (nSPS) is 14.6. The number of oxazole rings is 1. The lowest BCUT2D eigenvalue weighted by atomic mass is 10.3. The second-order valence-corrected chi connectivity index (χ2v) is 9.23. The lowest BCUT2D eigenvalue weighted by Crippen LogP contribution is -2.44. The van der Waals surface area contributed by atoms with E-state index >= 15 is 0 Å². The van der Waals surface area contributed by atoms with E-state index in [4.69, 9.17) is 30.5 Å². The molecular weight excluding hydrogens is 480 g/mol. The van der Waals surface area contributed by atoms with Gasteiger partial charge in [0.05, 0.1) is 35.6 Å². The monoisotopic (exact) mass is 502 g/mol. The van der Waals surface area contributed by atoms with Crippen LogP contribution >= 0.6 is 22.9 Å². The summed E-state index contributed by atoms with van der Waals surface area (Å²) < 4.78 is 18.3. The van der Waals surface area contributed by atoms with Gasteiger partial charge in [-0.2, -0.15) is 0 Å². The van der Waals surface area contributed by atoms with Gasteiger partial charge in [-0.05, 0) is 24.3 Å². The van der Waals surface area contributed by atoms with Crippen molar-refractivity contribution in [2.75, 3.05) is 51.4 Å². The van der Waals surface area contributed by atoms with E-state index < -0.39 is 5.76 Å². The molecule has 2 aromatic heterocycles. The Hall–Kier alpha value is -2.92. The molecule has 3 heterocycles. The number of para-hydroxylation sites is 2. The minimum atomic E-state index is -0.573. The van der Waals surface area contributed by atoms with Gasteiger partial charge in [-0.1, -0.05) is 35.1 Å². The summed E-state index contributed by atoms with van der Waals surface area (Å²) in [5.41, 5.74) is 1.62. The molecule has 0 spiro atoms. The number of carbonyl (C=O) groups excluding carboxylic acids is 1. The minimum absolute atomic E-state index is 0.167. The molecule has 2 aromatic carbocycles. The van der Waals surface area contributed by atoms with Crippen LogP contribution < -0.4 is 15.4 Å². The molecule has 1 aliphatic rings. The maximum absolute atomic E-state index is 13.6. The maximum Gasteiger partial charge on any atom is 0.420 e. The average Bonchev–Trinajstić information content (AvgIpc) is 3.42. The van der Waals surface area contributed by atoms with E-state index in [1.54, 1.807) is 48.4 Å². The molecule has 0 saturated carbocycles. The minimum Gasteiger partial charge on any atom is -0.494 e. The quantitative estimate of drug-likeness (QED) is 0.383. The highest BCUT2D eigenvalue weighted by Crippen LogP contribution is 2.38. The fourth-order valence-corrected chi connectivity index (χ4v) is 5.30. The van der Waals surface area contributed by atoms with Crippen LogP contribution in [0.3, 0.4) is 0 Å². The molecule has 0 aliphatic carbocycles. The molecule has 1 amide bonds. The van der Waals surface area contributed by atoms with Gasteiger partial charge >= 0.3 is 5.76 Å². The van der Waals surface area contributed by atoms with E-state index in [1.807, 2.05) is 0 Å². The number of anilines is 1. The maximum atomic E-state index is 13.6. The zero-order chi connectivity index (χ0) is 23.7. The van der Waals surface area contributed by atoms with Crippen molar-refractivity contribution in [2.45, 2.75) is 6.54 Å². The van der Waals surface area contributed by atoms with Crippen molar-refractivity contribution in [3.05, 3.63) is 52.0 Å². The number of fused-ring (bicyclic) bond motifs is 2. The third-order valence-electron chi connectivity index (χ3n) is 5.81. The van der Waals surface area contributed by atoms with Crippen molar-refractivity contribution in [2.24, 2.45) is 0 Å². The van der Waals surface area contributed by atoms with Crippen LogP contribution in [0, 0.1) is 0 Å². The lowest BCUT2D eigenvalue weighted by molar-refractivity contribution is -0.119. The largest absolute Gasteiger partial charge is 0.494 e. The summed E-state index contributed by atoms with van der Waals surface area (Å²) in [6.07, 6.45) is 0. The zero-order valence-electron chi connectivity index (χ0n) is 18.5. The third kappa shape index (κ3) is 4.41. The number of morpholine rings is 1. The van der Waals surface area contributed by atoms with E-state index in [0.29, 0.717) is 58.8 Å². The van der Waals surface area contributed by atoms with Gasteiger partial charge in [-0.25, -0.2) is 9.78 Å². The van der Waals surface area contributed by atoms with Crippen LogP contribution in [0.2, 0.25) is 5.02 Å². The predicted molar refractivity (Wildman–Crippen MR) is 131 cm³/mol. The molecule has 5 rings (SSSR count). The number of rotatable bonds is 7. The van der Waals surface area contributed by atoms with Crippen LogP contribution in [-0.2, 0) is 16.1 Å². The molecule has 9 nitrogen and oxygen atoms in total. The van der Waals surface area contributed by atoms with Gasteiger partial charge in [0.25, 0.3) is 0 Å². The number of methoxy groups -OCH3 is 1. The number of aromatic nitrogens is 2. The fourth-order valence-electron chi connectivity index (χ4n) is 4.00. The number of amides is 1. The standard InChI is InChI=1S/C23H23ClN4O5S/c1-31-18-7-6-15(24)21-20(18)25-22(34-21)27(9-8-26-10-12-32-13-11-26)19(29)14-28-16-4-2-3-5-17(16)33-23(28)30/h2-7H,8-14H2,1H3. The number of carbonyl (C=O) groups is 1. The summed E-state index contributed by atoms with van der Waals surface area (Å²) in [6.45, 7) is 3.82. The topological polar surface area (TPSA) is 90.0 Å². The highest BCUT2D eigenvalue weighted by molar-refractivity contribution is 7.23. The number of ether oxygens (including phenoxy) is 2. The van der Waals surface area contributed by atoms with E-state index in [1.165, 1.54) is 15.9 Å². The van der Waals surface area contributed by atoms with Gasteiger partial charge in [-0.15, -0.1) is 0 Å². The van der Waals surface area contributed by atoms with Gasteiger partial charge in [-0.3, -0.25) is 19.2 Å². The predicted octanol–water partition coefficient (Wildman–Crippen LogP) is 3.23. The Morgan fingerprint density at radius 3 is 2.82 bits per heavy atom. The Balaban J connectivity index is 1.49. The molecule has 1 aliphatic heterocycles. The average molecular weight is 503 g/mol. The number of halogens is 1. The lowest BCUT2D eigenvalue weighted by Gasteiger charge is -2.29. The molecule has 178 valence electrons. The van der Waals surface area contributed by atoms with E-state index in [2.05, 4.69) is 4.90 Å². The first-order valence-corrected chi connectivity index (χ1v) is 12.1. The molecule has 0 radical (unpaired) electrons. The molecule has 11 heteroatoms. The summed E-state index contributed by atoms with van der Waals surface area (Å²) in [5, 5.41) is 1.04. The second kappa shape index (κ2) is 9.75. The van der Waals surface area contributed by atoms with Crippen molar-refractivity contribution in [1.29, 1.82) is 0 Å². The van der Waals surface area contributed by atoms with Crippen LogP contribution in [0.25, 0.3) is 21.3 Å². The Bertz CT molecular complexity index is 1390. The highest BCUT2D eigenvalue weighted by atomic mass is 35.5. The number of nitrogens with zero attached hydrogens (tertiary/aromatic N) is 4. The Morgan fingerprint density at radius 2 is 2.03 bits per heavy atom. The Kier molecular flexibility index (Phi) is 6.55. The summed E-state index contributed by atoms with van der Waals surface area (Å²) in [4.78, 5) is 34.6. The van der Waals surface area contributed by atoms with E-state index in [0.717, 1.165) is 17.8 Å². The third-order valence-corrected chi connectivity index (χ3v) is 7.35. The van der Waals surface area contributed by atoms with E-state index in [-0.39, 0.29) is 12.5 Å². The van der Waals surface area contributed by atoms with Gasteiger partial charge in [0, 0.05) is 26.2 Å². The first-order valence-electron chi connectivity index (χ1n) is 10.9. The van der Waals surface area contributed by atoms with E-state index in [9.17, 15) is 9.59 Å². The highest BCUT2D eigenvalue weighted by Gasteiger charge is 2.25. The molecule has 34 heavy (non-hydrogen) atoms. The zero-order valence-corrected chi connectivity index (χ0v) is 20.1. The van der Waals surface area contributed by atoms with Crippen molar-refractivity contribution in [3.63, 3.8) is 0 Å². The van der Waals surface area contributed by atoms with Gasteiger partial charge in [0.1, 0.15) is 17.8 Å². The van der Waals surface area contributed by atoms with Gasteiger partial charge in [0.15, 0.2) is 10.7 Å². The molecule has 0 unspecified atom stereocenters. The number of hydrogen-bond donors (Lipinski definition) is 0. The summed E-state index contributed by atoms with van der Waals surface area (Å²) in [6, 6.07) is 10.6. The number of benzene rings is 2. The number of hydrogen-bond acceptors (Lipinski definition) is 8. The smallest absolute Gasteiger partial charge is 0.420 e. The molecule has 0 N–H and O–H groups in total. The van der Waals surface area contributed by atoms with Crippen LogP contribution in [0.4, 0.5) is 5.13 Å². The van der Waals surface area contributed by atoms with Gasteiger partial charge in [0.2, 0.25) is 5.91 Å². The summed E-state index contributed by atoms with van der Waals surface area (Å²) >= 11 is 7.74. The Labute approximate surface area is 204 Å². The van der Waals surface area contributed by atoms with Crippen LogP contribution in [0.1, 0.15) is 0 Å². The molecule has 0 bridgehead atoms.